The van der Waals surface area contributed by atoms with Crippen molar-refractivity contribution in [2.75, 3.05) is 4.90 Å². The van der Waals surface area contributed by atoms with Crippen LogP contribution in [-0.2, 0) is 16.0 Å². The highest BCUT2D eigenvalue weighted by Crippen LogP contribution is 2.41. The van der Waals surface area contributed by atoms with Crippen LogP contribution in [0.25, 0.3) is 0 Å². The second-order valence-electron chi connectivity index (χ2n) is 7.37. The van der Waals surface area contributed by atoms with Crippen molar-refractivity contribution >= 4 is 17.4 Å². The Morgan fingerprint density at radius 2 is 1.77 bits per heavy atom. The lowest BCUT2D eigenvalue weighted by Gasteiger charge is -2.27. The minimum absolute atomic E-state index is 0.142. The van der Waals surface area contributed by atoms with E-state index in [4.69, 9.17) is 0 Å². The van der Waals surface area contributed by atoms with Crippen LogP contribution in [0.2, 0.25) is 0 Å². The number of aromatic nitrogens is 1. The van der Waals surface area contributed by atoms with Crippen molar-refractivity contribution in [2.24, 2.45) is 0 Å². The van der Waals surface area contributed by atoms with E-state index in [1.54, 1.807) is 24.5 Å². The fraction of sp³-hybridized carbons (Fsp3) is 0.160. The fourth-order valence-electron chi connectivity index (χ4n) is 3.83. The van der Waals surface area contributed by atoms with E-state index in [0.717, 1.165) is 16.7 Å². The number of carbonyl (C=O) groups is 2. The summed E-state index contributed by atoms with van der Waals surface area (Å²) in [7, 11) is 0. The van der Waals surface area contributed by atoms with E-state index < -0.39 is 17.7 Å². The Kier molecular flexibility index (Phi) is 5.44. The number of carbonyl (C=O) groups excluding carboxylic acids is 2. The number of benzene rings is 2. The Bertz CT molecular complexity index is 1110. The fourth-order valence-corrected chi connectivity index (χ4v) is 3.83. The lowest BCUT2D eigenvalue weighted by Crippen LogP contribution is -2.31. The van der Waals surface area contributed by atoms with Gasteiger partial charge in [0.05, 0.1) is 11.6 Å². The molecule has 3 aromatic rings. The number of nitrogens with zero attached hydrogens (tertiary/aromatic N) is 2. The molecule has 1 aromatic heterocycles. The van der Waals surface area contributed by atoms with Gasteiger partial charge in [-0.2, -0.15) is 0 Å². The normalized spacial score (nSPS) is 16.2. The van der Waals surface area contributed by atoms with Crippen LogP contribution in [0, 0.1) is 6.92 Å². The zero-order chi connectivity index (χ0) is 21.1. The molecule has 150 valence electrons. The molecule has 0 aliphatic carbocycles. The molecule has 2 heterocycles. The highest BCUT2D eigenvalue weighted by Gasteiger charge is 2.44. The van der Waals surface area contributed by atoms with Gasteiger partial charge in [0.2, 0.25) is 0 Å². The van der Waals surface area contributed by atoms with Gasteiger partial charge >= 0.3 is 0 Å². The van der Waals surface area contributed by atoms with Gasteiger partial charge in [0.25, 0.3) is 5.91 Å². The number of anilines is 1. The standard InChI is InChI=1S/C25H22N2O3/c1-17-6-5-9-20(16-17)27-23(19-12-14-26-15-13-19)22(24(29)25(27)30)21(28)11-10-18-7-3-2-4-8-18/h2-9,12-16,23,29H,10-11H2,1H3. The van der Waals surface area contributed by atoms with Crippen molar-refractivity contribution in [1.29, 1.82) is 0 Å². The van der Waals surface area contributed by atoms with Crippen molar-refractivity contribution < 1.29 is 14.7 Å². The quantitative estimate of drug-likeness (QED) is 0.664. The van der Waals surface area contributed by atoms with Crippen molar-refractivity contribution in [3.8, 4) is 0 Å². The number of amides is 1. The monoisotopic (exact) mass is 398 g/mol. The van der Waals surface area contributed by atoms with Crippen molar-refractivity contribution in [3.05, 3.63) is 107 Å². The Morgan fingerprint density at radius 1 is 1.03 bits per heavy atom. The van der Waals surface area contributed by atoms with Crippen LogP contribution in [0.3, 0.4) is 0 Å². The van der Waals surface area contributed by atoms with Crippen LogP contribution in [0.4, 0.5) is 5.69 Å². The van der Waals surface area contributed by atoms with Gasteiger partial charge in [-0.1, -0.05) is 42.5 Å². The SMILES string of the molecule is Cc1cccc(N2C(=O)C(O)=C(C(=O)CCc3ccccc3)C2c2ccncc2)c1. The number of aryl methyl sites for hydroxylation is 2. The number of pyridine rings is 1. The van der Waals surface area contributed by atoms with Gasteiger partial charge in [0, 0.05) is 24.5 Å². The van der Waals surface area contributed by atoms with Gasteiger partial charge in [-0.3, -0.25) is 19.5 Å². The third kappa shape index (κ3) is 3.74. The first-order valence-corrected chi connectivity index (χ1v) is 9.86. The average Bonchev–Trinajstić information content (AvgIpc) is 3.04. The molecule has 1 N–H and O–H groups in total. The third-order valence-corrected chi connectivity index (χ3v) is 5.29. The Labute approximate surface area is 175 Å². The molecule has 1 amide bonds. The zero-order valence-electron chi connectivity index (χ0n) is 16.7. The molecule has 0 radical (unpaired) electrons. The molecular weight excluding hydrogens is 376 g/mol. The predicted molar refractivity (Wildman–Crippen MR) is 115 cm³/mol. The van der Waals surface area contributed by atoms with Crippen molar-refractivity contribution in [1.82, 2.24) is 4.98 Å². The molecule has 1 aliphatic rings. The third-order valence-electron chi connectivity index (χ3n) is 5.29. The van der Waals surface area contributed by atoms with E-state index in [1.807, 2.05) is 61.5 Å². The summed E-state index contributed by atoms with van der Waals surface area (Å²) in [4.78, 5) is 31.8. The molecular formula is C25H22N2O3. The molecule has 5 heteroatoms. The summed E-state index contributed by atoms with van der Waals surface area (Å²) in [5.41, 5.74) is 3.53. The van der Waals surface area contributed by atoms with Gasteiger partial charge in [0.15, 0.2) is 11.5 Å². The lowest BCUT2D eigenvalue weighted by molar-refractivity contribution is -0.118. The van der Waals surface area contributed by atoms with E-state index >= 15 is 0 Å². The van der Waals surface area contributed by atoms with Gasteiger partial charge in [-0.05, 0) is 54.3 Å². The van der Waals surface area contributed by atoms with Gasteiger partial charge in [-0.15, -0.1) is 0 Å². The molecule has 30 heavy (non-hydrogen) atoms. The molecule has 2 aromatic carbocycles. The summed E-state index contributed by atoms with van der Waals surface area (Å²) in [6, 6.07) is 20.0. The minimum atomic E-state index is -0.689. The van der Waals surface area contributed by atoms with E-state index in [-0.39, 0.29) is 17.8 Å². The molecule has 1 atom stereocenters. The average molecular weight is 398 g/mol. The first-order chi connectivity index (χ1) is 14.6. The number of hydrogen-bond donors (Lipinski definition) is 1. The summed E-state index contributed by atoms with van der Waals surface area (Å²) in [5, 5.41) is 10.7. The molecule has 5 nitrogen and oxygen atoms in total. The molecule has 0 saturated carbocycles. The molecule has 0 saturated heterocycles. The van der Waals surface area contributed by atoms with Crippen LogP contribution in [0.5, 0.6) is 0 Å². The van der Waals surface area contributed by atoms with Crippen LogP contribution in [0.15, 0.2) is 90.5 Å². The van der Waals surface area contributed by atoms with Crippen LogP contribution in [0.1, 0.15) is 29.2 Å². The van der Waals surface area contributed by atoms with E-state index in [9.17, 15) is 14.7 Å². The molecule has 1 unspecified atom stereocenters. The molecule has 0 spiro atoms. The predicted octanol–water partition coefficient (Wildman–Crippen LogP) is 4.49. The Hall–Kier alpha value is -3.73. The Balaban J connectivity index is 1.72. The number of rotatable bonds is 6. The number of Topliss-reactive ketones (excluding diaryl/α,β-unsaturated/α-hetero) is 1. The second-order valence-corrected chi connectivity index (χ2v) is 7.37. The smallest absolute Gasteiger partial charge is 0.294 e. The lowest BCUT2D eigenvalue weighted by atomic mass is 9.93. The van der Waals surface area contributed by atoms with Crippen molar-refractivity contribution in [2.45, 2.75) is 25.8 Å². The first kappa shape index (κ1) is 19.6. The van der Waals surface area contributed by atoms with Crippen LogP contribution >= 0.6 is 0 Å². The molecule has 0 fully saturated rings. The maximum atomic E-state index is 13.2. The van der Waals surface area contributed by atoms with E-state index in [0.29, 0.717) is 12.1 Å². The maximum Gasteiger partial charge on any atom is 0.294 e. The molecule has 1 aliphatic heterocycles. The topological polar surface area (TPSA) is 70.5 Å². The first-order valence-electron chi connectivity index (χ1n) is 9.86. The molecule has 4 rings (SSSR count). The van der Waals surface area contributed by atoms with Crippen LogP contribution < -0.4 is 4.90 Å². The summed E-state index contributed by atoms with van der Waals surface area (Å²) < 4.78 is 0. The summed E-state index contributed by atoms with van der Waals surface area (Å²) >= 11 is 0. The zero-order valence-corrected chi connectivity index (χ0v) is 16.7. The van der Waals surface area contributed by atoms with Crippen molar-refractivity contribution in [3.63, 3.8) is 0 Å². The highest BCUT2D eigenvalue weighted by atomic mass is 16.3. The van der Waals surface area contributed by atoms with E-state index in [1.165, 1.54) is 4.90 Å². The number of hydrogen-bond acceptors (Lipinski definition) is 4. The van der Waals surface area contributed by atoms with Gasteiger partial charge in [0.1, 0.15) is 0 Å². The largest absolute Gasteiger partial charge is 0.503 e. The summed E-state index contributed by atoms with van der Waals surface area (Å²) in [6.07, 6.45) is 3.99. The van der Waals surface area contributed by atoms with Crippen LogP contribution in [-0.4, -0.2) is 21.8 Å². The Morgan fingerprint density at radius 3 is 2.47 bits per heavy atom. The summed E-state index contributed by atoms with van der Waals surface area (Å²) in [5.74, 6) is -1.27. The van der Waals surface area contributed by atoms with Gasteiger partial charge < -0.3 is 5.11 Å². The van der Waals surface area contributed by atoms with E-state index in [2.05, 4.69) is 4.98 Å². The minimum Gasteiger partial charge on any atom is -0.503 e. The summed E-state index contributed by atoms with van der Waals surface area (Å²) in [6.45, 7) is 1.94. The molecule has 0 bridgehead atoms. The number of aliphatic hydroxyl groups is 1. The second kappa shape index (κ2) is 8.33. The van der Waals surface area contributed by atoms with Gasteiger partial charge in [-0.25, -0.2) is 0 Å². The maximum absolute atomic E-state index is 13.2. The number of ketones is 1. The highest BCUT2D eigenvalue weighted by molar-refractivity contribution is 6.16. The number of aliphatic hydroxyl groups excluding tert-OH is 1.